The minimum Gasteiger partial charge on any atom is -0.479 e. The summed E-state index contributed by atoms with van der Waals surface area (Å²) in [5.41, 5.74) is 0.881. The lowest BCUT2D eigenvalue weighted by atomic mass is 10.2. The number of rotatable bonds is 6. The Morgan fingerprint density at radius 2 is 2.26 bits per heavy atom. The van der Waals surface area contributed by atoms with E-state index in [4.69, 9.17) is 16.3 Å². The zero-order chi connectivity index (χ0) is 13.8. The molecule has 0 bridgehead atoms. The lowest BCUT2D eigenvalue weighted by Gasteiger charge is -2.17. The second kappa shape index (κ2) is 6.26. The fraction of sp³-hybridized carbons (Fsp3) is 0.500. The van der Waals surface area contributed by atoms with Gasteiger partial charge >= 0.3 is 5.97 Å². The smallest absolute Gasteiger partial charge is 0.346 e. The lowest BCUT2D eigenvalue weighted by molar-refractivity contribution is -0.147. The monoisotopic (exact) mass is 283 g/mol. The number of ether oxygens (including phenoxy) is 2. The Labute approximate surface area is 118 Å². The second-order valence-corrected chi connectivity index (χ2v) is 5.06. The molecule has 104 valence electrons. The van der Waals surface area contributed by atoms with Crippen LogP contribution < -0.4 is 10.1 Å². The van der Waals surface area contributed by atoms with Crippen molar-refractivity contribution in [1.82, 2.24) is 5.32 Å². The molecule has 1 unspecified atom stereocenters. The zero-order valence-electron chi connectivity index (χ0n) is 11.1. The van der Waals surface area contributed by atoms with Crippen LogP contribution in [0, 0.1) is 0 Å². The molecule has 4 nitrogen and oxygen atoms in total. The molecule has 0 aromatic heterocycles. The van der Waals surface area contributed by atoms with Crippen molar-refractivity contribution in [1.29, 1.82) is 0 Å². The molecule has 1 aromatic carbocycles. The molecule has 0 heterocycles. The minimum atomic E-state index is -0.650. The van der Waals surface area contributed by atoms with Crippen LogP contribution in [0.15, 0.2) is 18.2 Å². The molecule has 19 heavy (non-hydrogen) atoms. The van der Waals surface area contributed by atoms with Crippen LogP contribution in [0.2, 0.25) is 5.02 Å². The van der Waals surface area contributed by atoms with Crippen LogP contribution in [0.4, 0.5) is 0 Å². The number of methoxy groups -OCH3 is 1. The third-order valence-electron chi connectivity index (χ3n) is 3.06. The minimum absolute atomic E-state index is 0.402. The third kappa shape index (κ3) is 3.85. The Balaban J connectivity index is 2.08. The average molecular weight is 284 g/mol. The molecule has 1 saturated carbocycles. The molecule has 0 spiro atoms. The predicted octanol–water partition coefficient (Wildman–Crippen LogP) is 2.53. The number of benzene rings is 1. The maximum absolute atomic E-state index is 11.4. The van der Waals surface area contributed by atoms with Crippen LogP contribution in [0.25, 0.3) is 0 Å². The standard InChI is InChI=1S/C14H18ClNO3/c1-9(14(17)18-2)19-13-5-3-4-12(15)11(13)8-16-10-6-7-10/h3-5,9-10,16H,6-8H2,1-2H3. The van der Waals surface area contributed by atoms with Crippen LogP contribution in [-0.4, -0.2) is 25.2 Å². The van der Waals surface area contributed by atoms with E-state index in [1.165, 1.54) is 20.0 Å². The van der Waals surface area contributed by atoms with Gasteiger partial charge in [0, 0.05) is 23.2 Å². The maximum Gasteiger partial charge on any atom is 0.346 e. The Hall–Kier alpha value is -1.26. The zero-order valence-corrected chi connectivity index (χ0v) is 11.9. The average Bonchev–Trinajstić information content (AvgIpc) is 3.21. The summed E-state index contributed by atoms with van der Waals surface area (Å²) in [6.45, 7) is 2.30. The van der Waals surface area contributed by atoms with Gasteiger partial charge in [0.05, 0.1) is 7.11 Å². The summed E-state index contributed by atoms with van der Waals surface area (Å²) >= 11 is 6.19. The Morgan fingerprint density at radius 1 is 1.53 bits per heavy atom. The van der Waals surface area contributed by atoms with E-state index in [1.807, 2.05) is 18.2 Å². The van der Waals surface area contributed by atoms with Gasteiger partial charge in [-0.3, -0.25) is 0 Å². The first-order valence-electron chi connectivity index (χ1n) is 6.37. The molecule has 0 amide bonds. The van der Waals surface area contributed by atoms with Gasteiger partial charge in [-0.25, -0.2) is 4.79 Å². The van der Waals surface area contributed by atoms with Crippen LogP contribution in [0.3, 0.4) is 0 Å². The molecule has 0 saturated heterocycles. The highest BCUT2D eigenvalue weighted by molar-refractivity contribution is 6.31. The number of hydrogen-bond donors (Lipinski definition) is 1. The van der Waals surface area contributed by atoms with Crippen molar-refractivity contribution in [3.63, 3.8) is 0 Å². The fourth-order valence-electron chi connectivity index (χ4n) is 1.76. The van der Waals surface area contributed by atoms with E-state index in [0.717, 1.165) is 5.56 Å². The highest BCUT2D eigenvalue weighted by Crippen LogP contribution is 2.29. The molecular formula is C14H18ClNO3. The molecule has 5 heteroatoms. The molecule has 1 aromatic rings. The van der Waals surface area contributed by atoms with Gasteiger partial charge in [-0.15, -0.1) is 0 Å². The molecule has 1 fully saturated rings. The highest BCUT2D eigenvalue weighted by atomic mass is 35.5. The molecule has 2 rings (SSSR count). The van der Waals surface area contributed by atoms with Crippen molar-refractivity contribution in [2.45, 2.75) is 38.5 Å². The number of hydrogen-bond acceptors (Lipinski definition) is 4. The van der Waals surface area contributed by atoms with Crippen LogP contribution >= 0.6 is 11.6 Å². The first kappa shape index (κ1) is 14.2. The molecule has 0 radical (unpaired) electrons. The van der Waals surface area contributed by atoms with Gasteiger partial charge in [0.25, 0.3) is 0 Å². The molecule has 0 aliphatic heterocycles. The second-order valence-electron chi connectivity index (χ2n) is 4.65. The van der Waals surface area contributed by atoms with Gasteiger partial charge in [0.2, 0.25) is 0 Å². The third-order valence-corrected chi connectivity index (χ3v) is 3.41. The van der Waals surface area contributed by atoms with Crippen molar-refractivity contribution in [2.24, 2.45) is 0 Å². The summed E-state index contributed by atoms with van der Waals surface area (Å²) in [5, 5.41) is 4.03. The summed E-state index contributed by atoms with van der Waals surface area (Å²) in [6.07, 6.45) is 1.77. The summed E-state index contributed by atoms with van der Waals surface area (Å²) in [4.78, 5) is 11.4. The van der Waals surface area contributed by atoms with Gasteiger partial charge in [-0.05, 0) is 31.9 Å². The van der Waals surface area contributed by atoms with E-state index in [2.05, 4.69) is 10.1 Å². The molecule has 1 atom stereocenters. The Morgan fingerprint density at radius 3 is 2.89 bits per heavy atom. The predicted molar refractivity (Wildman–Crippen MR) is 73.4 cm³/mol. The lowest BCUT2D eigenvalue weighted by Crippen LogP contribution is -2.26. The van der Waals surface area contributed by atoms with E-state index in [0.29, 0.717) is 23.4 Å². The largest absolute Gasteiger partial charge is 0.479 e. The van der Waals surface area contributed by atoms with Gasteiger partial charge in [-0.2, -0.15) is 0 Å². The van der Waals surface area contributed by atoms with Crippen molar-refractivity contribution >= 4 is 17.6 Å². The quantitative estimate of drug-likeness (QED) is 0.815. The topological polar surface area (TPSA) is 47.6 Å². The van der Waals surface area contributed by atoms with E-state index in [9.17, 15) is 4.79 Å². The maximum atomic E-state index is 11.4. The first-order chi connectivity index (χ1) is 9.11. The Kier molecular flexibility index (Phi) is 4.66. The van der Waals surface area contributed by atoms with Gasteiger partial charge in [0.15, 0.2) is 6.10 Å². The van der Waals surface area contributed by atoms with Crippen LogP contribution in [0.1, 0.15) is 25.3 Å². The highest BCUT2D eigenvalue weighted by Gasteiger charge is 2.22. The summed E-state index contributed by atoms with van der Waals surface area (Å²) in [5.74, 6) is 0.222. The van der Waals surface area contributed by atoms with Crippen molar-refractivity contribution < 1.29 is 14.3 Å². The van der Waals surface area contributed by atoms with Gasteiger partial charge in [-0.1, -0.05) is 17.7 Å². The number of esters is 1. The fourth-order valence-corrected chi connectivity index (χ4v) is 1.99. The normalized spacial score (nSPS) is 15.9. The molecule has 1 aliphatic carbocycles. The summed E-state index contributed by atoms with van der Waals surface area (Å²) in [6, 6.07) is 6.03. The SMILES string of the molecule is COC(=O)C(C)Oc1cccc(Cl)c1CNC1CC1. The van der Waals surface area contributed by atoms with Crippen molar-refractivity contribution in [3.05, 3.63) is 28.8 Å². The molecule has 1 aliphatic rings. The number of carbonyl (C=O) groups excluding carboxylic acids is 1. The van der Waals surface area contributed by atoms with Crippen molar-refractivity contribution in [3.8, 4) is 5.75 Å². The van der Waals surface area contributed by atoms with E-state index in [-0.39, 0.29) is 0 Å². The number of halogens is 1. The van der Waals surface area contributed by atoms with Crippen LogP contribution in [-0.2, 0) is 16.1 Å². The van der Waals surface area contributed by atoms with Crippen molar-refractivity contribution in [2.75, 3.05) is 7.11 Å². The number of nitrogens with one attached hydrogen (secondary N) is 1. The van der Waals surface area contributed by atoms with Gasteiger partial charge < -0.3 is 14.8 Å². The summed E-state index contributed by atoms with van der Waals surface area (Å²) in [7, 11) is 1.34. The van der Waals surface area contributed by atoms with E-state index < -0.39 is 12.1 Å². The van der Waals surface area contributed by atoms with Crippen LogP contribution in [0.5, 0.6) is 5.75 Å². The van der Waals surface area contributed by atoms with E-state index in [1.54, 1.807) is 6.92 Å². The van der Waals surface area contributed by atoms with E-state index >= 15 is 0 Å². The molecular weight excluding hydrogens is 266 g/mol. The first-order valence-corrected chi connectivity index (χ1v) is 6.75. The summed E-state index contributed by atoms with van der Waals surface area (Å²) < 4.78 is 10.3. The Bertz CT molecular complexity index is 460. The van der Waals surface area contributed by atoms with Gasteiger partial charge in [0.1, 0.15) is 5.75 Å². The number of carbonyl (C=O) groups is 1. The molecule has 1 N–H and O–H groups in total.